The molecule has 1 aliphatic heterocycles. The first-order chi connectivity index (χ1) is 7.29. The van der Waals surface area contributed by atoms with Crippen molar-refractivity contribution in [3.63, 3.8) is 0 Å². The average molecular weight is 207 g/mol. The second-order valence-electron chi connectivity index (χ2n) is 4.98. The van der Waals surface area contributed by atoms with Crippen LogP contribution in [0.4, 0.5) is 0 Å². The summed E-state index contributed by atoms with van der Waals surface area (Å²) >= 11 is 0. The molecule has 3 aliphatic rings. The van der Waals surface area contributed by atoms with Crippen LogP contribution in [0.3, 0.4) is 0 Å². The van der Waals surface area contributed by atoms with E-state index in [9.17, 15) is 5.26 Å². The summed E-state index contributed by atoms with van der Waals surface area (Å²) in [6.45, 7) is 3.37. The van der Waals surface area contributed by atoms with Gasteiger partial charge in [-0.25, -0.2) is 0 Å². The maximum atomic E-state index is 9.43. The van der Waals surface area contributed by atoms with Crippen LogP contribution in [0.25, 0.3) is 0 Å². The maximum absolute atomic E-state index is 9.43. The minimum Gasteiger partial charge on any atom is -0.379 e. The van der Waals surface area contributed by atoms with Gasteiger partial charge in [-0.05, 0) is 24.7 Å². The molecule has 0 aromatic rings. The van der Waals surface area contributed by atoms with E-state index in [4.69, 9.17) is 10.5 Å². The lowest BCUT2D eigenvalue weighted by atomic mass is 10.0. The molecule has 0 radical (unpaired) electrons. The van der Waals surface area contributed by atoms with Gasteiger partial charge in [0.15, 0.2) is 0 Å². The second-order valence-corrected chi connectivity index (χ2v) is 4.98. The van der Waals surface area contributed by atoms with E-state index in [1.165, 1.54) is 0 Å². The van der Waals surface area contributed by atoms with E-state index in [1.807, 2.05) is 0 Å². The first-order valence-corrected chi connectivity index (χ1v) is 5.78. The van der Waals surface area contributed by atoms with Crippen molar-refractivity contribution in [3.05, 3.63) is 0 Å². The first-order valence-electron chi connectivity index (χ1n) is 5.78. The Balaban J connectivity index is 1.76. The summed E-state index contributed by atoms with van der Waals surface area (Å²) in [4.78, 5) is 2.33. The Kier molecular flexibility index (Phi) is 2.03. The number of nitrogens with zero attached hydrogens (tertiary/aromatic N) is 2. The Morgan fingerprint density at radius 3 is 2.40 bits per heavy atom. The molecule has 1 saturated heterocycles. The fourth-order valence-corrected chi connectivity index (χ4v) is 3.60. The number of nitrogens with two attached hydrogens (primary N) is 1. The Morgan fingerprint density at radius 2 is 1.87 bits per heavy atom. The molecule has 1 heterocycles. The average Bonchev–Trinajstić information content (AvgIpc) is 2.67. The number of hydrogen-bond acceptors (Lipinski definition) is 4. The van der Waals surface area contributed by atoms with Gasteiger partial charge in [0.25, 0.3) is 0 Å². The SMILES string of the molecule is N#CC1(N2CCOCC2)[C@@H]2CC(N)C[C@@H]21. The van der Waals surface area contributed by atoms with Gasteiger partial charge in [-0.15, -0.1) is 0 Å². The molecule has 2 aliphatic carbocycles. The molecule has 2 N–H and O–H groups in total. The summed E-state index contributed by atoms with van der Waals surface area (Å²) in [7, 11) is 0. The molecule has 4 atom stereocenters. The fraction of sp³-hybridized carbons (Fsp3) is 0.909. The number of nitriles is 1. The quantitative estimate of drug-likeness (QED) is 0.654. The number of fused-ring (bicyclic) bond motifs is 1. The second kappa shape index (κ2) is 3.18. The van der Waals surface area contributed by atoms with Gasteiger partial charge in [0, 0.05) is 19.1 Å². The zero-order valence-corrected chi connectivity index (χ0v) is 8.85. The van der Waals surface area contributed by atoms with Gasteiger partial charge < -0.3 is 10.5 Å². The summed E-state index contributed by atoms with van der Waals surface area (Å²) in [5, 5.41) is 9.43. The van der Waals surface area contributed by atoms with Gasteiger partial charge in [0.05, 0.1) is 19.3 Å². The molecule has 15 heavy (non-hydrogen) atoms. The molecule has 2 unspecified atom stereocenters. The predicted octanol–water partition coefficient (Wildman–Crippen LogP) is -0.0519. The van der Waals surface area contributed by atoms with E-state index in [0.717, 1.165) is 39.1 Å². The summed E-state index contributed by atoms with van der Waals surface area (Å²) in [5.74, 6) is 1.08. The molecule has 3 fully saturated rings. The van der Waals surface area contributed by atoms with Gasteiger partial charge in [-0.3, -0.25) is 4.90 Å². The molecular formula is C11H17N3O. The number of ether oxygens (including phenoxy) is 1. The van der Waals surface area contributed by atoms with Gasteiger partial charge in [0.1, 0.15) is 5.54 Å². The van der Waals surface area contributed by atoms with Crippen LogP contribution in [0.15, 0.2) is 0 Å². The summed E-state index contributed by atoms with van der Waals surface area (Å²) in [6.07, 6.45) is 2.07. The molecule has 2 saturated carbocycles. The van der Waals surface area contributed by atoms with Crippen LogP contribution < -0.4 is 5.73 Å². The molecule has 0 bridgehead atoms. The number of rotatable bonds is 1. The van der Waals surface area contributed by atoms with Crippen molar-refractivity contribution in [1.29, 1.82) is 5.26 Å². The summed E-state index contributed by atoms with van der Waals surface area (Å²) in [6, 6.07) is 2.90. The first kappa shape index (κ1) is 9.59. The normalized spacial score (nSPS) is 49.7. The number of hydrogen-bond donors (Lipinski definition) is 1. The van der Waals surface area contributed by atoms with E-state index >= 15 is 0 Å². The highest BCUT2D eigenvalue weighted by atomic mass is 16.5. The van der Waals surface area contributed by atoms with Crippen molar-refractivity contribution < 1.29 is 4.74 Å². The lowest BCUT2D eigenvalue weighted by Gasteiger charge is -2.33. The van der Waals surface area contributed by atoms with Crippen LogP contribution in [0.2, 0.25) is 0 Å². The maximum Gasteiger partial charge on any atom is 0.115 e. The van der Waals surface area contributed by atoms with E-state index in [-0.39, 0.29) is 5.54 Å². The van der Waals surface area contributed by atoms with Crippen molar-refractivity contribution in [1.82, 2.24) is 4.90 Å². The predicted molar refractivity (Wildman–Crippen MR) is 54.9 cm³/mol. The summed E-state index contributed by atoms with van der Waals surface area (Å²) in [5.41, 5.74) is 5.74. The third-order valence-electron chi connectivity index (χ3n) is 4.33. The van der Waals surface area contributed by atoms with Crippen LogP contribution in [0.1, 0.15) is 12.8 Å². The van der Waals surface area contributed by atoms with E-state index in [0.29, 0.717) is 17.9 Å². The molecule has 0 aromatic heterocycles. The van der Waals surface area contributed by atoms with E-state index < -0.39 is 0 Å². The monoisotopic (exact) mass is 207 g/mol. The van der Waals surface area contributed by atoms with E-state index in [2.05, 4.69) is 11.0 Å². The van der Waals surface area contributed by atoms with Crippen LogP contribution in [-0.2, 0) is 4.74 Å². The molecule has 0 aromatic carbocycles. The minimum absolute atomic E-state index is 0.167. The molecule has 82 valence electrons. The molecule has 4 heteroatoms. The highest BCUT2D eigenvalue weighted by Gasteiger charge is 2.71. The lowest BCUT2D eigenvalue weighted by molar-refractivity contribution is 0.0131. The van der Waals surface area contributed by atoms with E-state index in [1.54, 1.807) is 0 Å². The Labute approximate surface area is 90.0 Å². The topological polar surface area (TPSA) is 62.3 Å². The van der Waals surface area contributed by atoms with Gasteiger partial charge in [-0.2, -0.15) is 5.26 Å². The smallest absolute Gasteiger partial charge is 0.115 e. The fourth-order valence-electron chi connectivity index (χ4n) is 3.60. The molecule has 3 rings (SSSR count). The Bertz CT molecular complexity index is 293. The lowest BCUT2D eigenvalue weighted by Crippen LogP contribution is -2.48. The summed E-state index contributed by atoms with van der Waals surface area (Å²) < 4.78 is 5.33. The molecule has 0 spiro atoms. The number of morpholine rings is 1. The largest absolute Gasteiger partial charge is 0.379 e. The highest BCUT2D eigenvalue weighted by Crippen LogP contribution is 2.63. The molecular weight excluding hydrogens is 190 g/mol. The third-order valence-corrected chi connectivity index (χ3v) is 4.33. The van der Waals surface area contributed by atoms with Crippen molar-refractivity contribution in [2.75, 3.05) is 26.3 Å². The van der Waals surface area contributed by atoms with Gasteiger partial charge in [-0.1, -0.05) is 0 Å². The molecule has 0 amide bonds. The Hall–Kier alpha value is -0.630. The van der Waals surface area contributed by atoms with Crippen LogP contribution >= 0.6 is 0 Å². The zero-order chi connectivity index (χ0) is 10.5. The van der Waals surface area contributed by atoms with Crippen molar-refractivity contribution >= 4 is 0 Å². The zero-order valence-electron chi connectivity index (χ0n) is 8.85. The highest BCUT2D eigenvalue weighted by molar-refractivity contribution is 5.33. The van der Waals surface area contributed by atoms with Crippen molar-refractivity contribution in [2.45, 2.75) is 24.4 Å². The standard InChI is InChI=1S/C11H17N3O/c12-7-11(14-1-3-15-4-2-14)9-5-8(13)6-10(9)11/h8-10H,1-6,13H2/t8?,9-,10+,11?. The van der Waals surface area contributed by atoms with Crippen LogP contribution in [-0.4, -0.2) is 42.8 Å². The molecule has 4 nitrogen and oxygen atoms in total. The minimum atomic E-state index is -0.167. The van der Waals surface area contributed by atoms with Crippen molar-refractivity contribution in [2.24, 2.45) is 17.6 Å². The van der Waals surface area contributed by atoms with Crippen molar-refractivity contribution in [3.8, 4) is 6.07 Å². The third kappa shape index (κ3) is 1.17. The van der Waals surface area contributed by atoms with Crippen LogP contribution in [0, 0.1) is 23.2 Å². The Morgan fingerprint density at radius 1 is 1.27 bits per heavy atom. The van der Waals surface area contributed by atoms with Gasteiger partial charge in [0.2, 0.25) is 0 Å². The van der Waals surface area contributed by atoms with Gasteiger partial charge >= 0.3 is 0 Å². The van der Waals surface area contributed by atoms with Crippen LogP contribution in [0.5, 0.6) is 0 Å².